The minimum absolute atomic E-state index is 0.0947. The molecule has 0 saturated heterocycles. The van der Waals surface area contributed by atoms with Crippen molar-refractivity contribution in [3.63, 3.8) is 0 Å². The lowest BCUT2D eigenvalue weighted by Gasteiger charge is -2.10. The van der Waals surface area contributed by atoms with Gasteiger partial charge in [0.15, 0.2) is 0 Å². The molecule has 6 heteroatoms. The lowest BCUT2D eigenvalue weighted by atomic mass is 10.1. The molecule has 0 aliphatic heterocycles. The number of pyridine rings is 1. The van der Waals surface area contributed by atoms with Crippen molar-refractivity contribution in [1.29, 1.82) is 0 Å². The predicted molar refractivity (Wildman–Crippen MR) is 89.3 cm³/mol. The molecule has 1 atom stereocenters. The number of rotatable bonds is 7. The highest BCUT2D eigenvalue weighted by molar-refractivity contribution is 7.85. The third-order valence-corrected chi connectivity index (χ3v) is 4.51. The second-order valence-electron chi connectivity index (χ2n) is 5.14. The second kappa shape index (κ2) is 8.55. The van der Waals surface area contributed by atoms with Gasteiger partial charge in [0.2, 0.25) is 5.91 Å². The van der Waals surface area contributed by atoms with Crippen molar-refractivity contribution in [2.45, 2.75) is 25.1 Å². The highest BCUT2D eigenvalue weighted by atomic mass is 32.2. The van der Waals surface area contributed by atoms with Gasteiger partial charge in [-0.25, -0.2) is 4.98 Å². The van der Waals surface area contributed by atoms with E-state index in [4.69, 9.17) is 4.74 Å². The fourth-order valence-electron chi connectivity index (χ4n) is 2.05. The molecule has 5 nitrogen and oxygen atoms in total. The van der Waals surface area contributed by atoms with Gasteiger partial charge in [0.25, 0.3) is 0 Å². The maximum atomic E-state index is 12.1. The molecule has 0 aliphatic rings. The van der Waals surface area contributed by atoms with Gasteiger partial charge < -0.3 is 10.1 Å². The molecule has 1 heterocycles. The number of methoxy groups -OCH3 is 1. The summed E-state index contributed by atoms with van der Waals surface area (Å²) in [5.41, 5.74) is 3.00. The maximum Gasteiger partial charge on any atom is 0.233 e. The van der Waals surface area contributed by atoms with Crippen molar-refractivity contribution in [2.75, 3.05) is 12.9 Å². The molecule has 0 aliphatic carbocycles. The maximum absolute atomic E-state index is 12.1. The summed E-state index contributed by atoms with van der Waals surface area (Å²) in [6.45, 7) is 2.78. The van der Waals surface area contributed by atoms with Gasteiger partial charge in [-0.2, -0.15) is 0 Å². The van der Waals surface area contributed by atoms with E-state index in [-0.39, 0.29) is 11.7 Å². The Morgan fingerprint density at radius 2 is 1.96 bits per heavy atom. The fourth-order valence-corrected chi connectivity index (χ4v) is 2.93. The Balaban J connectivity index is 1.90. The number of hydrogen-bond donors (Lipinski definition) is 1. The Morgan fingerprint density at radius 1 is 1.22 bits per heavy atom. The minimum atomic E-state index is -1.44. The van der Waals surface area contributed by atoms with Crippen molar-refractivity contribution in [3.05, 3.63) is 59.3 Å². The number of nitrogens with one attached hydrogen (secondary N) is 1. The molecule has 0 unspecified atom stereocenters. The highest BCUT2D eigenvalue weighted by Crippen LogP contribution is 2.10. The van der Waals surface area contributed by atoms with Crippen LogP contribution in [0.5, 0.6) is 0 Å². The van der Waals surface area contributed by atoms with Crippen LogP contribution in [0.15, 0.2) is 47.6 Å². The number of amides is 1. The van der Waals surface area contributed by atoms with Crippen LogP contribution in [0.4, 0.5) is 0 Å². The third-order valence-electron chi connectivity index (χ3n) is 3.27. The summed E-state index contributed by atoms with van der Waals surface area (Å²) in [6, 6.07) is 11.3. The molecule has 2 aromatic rings. The van der Waals surface area contributed by atoms with Crippen molar-refractivity contribution >= 4 is 16.7 Å². The molecule has 0 spiro atoms. The molecule has 0 radical (unpaired) electrons. The zero-order valence-corrected chi connectivity index (χ0v) is 14.1. The van der Waals surface area contributed by atoms with Gasteiger partial charge in [-0.3, -0.25) is 9.00 Å². The van der Waals surface area contributed by atoms with Gasteiger partial charge in [-0.15, -0.1) is 0 Å². The van der Waals surface area contributed by atoms with Gasteiger partial charge in [-0.1, -0.05) is 30.3 Å². The summed E-state index contributed by atoms with van der Waals surface area (Å²) in [5, 5.41) is 3.22. The molecule has 0 saturated carbocycles. The average molecular weight is 332 g/mol. The fraction of sp³-hybridized carbons (Fsp3) is 0.294. The molecule has 122 valence electrons. The molecule has 2 rings (SSSR count). The number of nitrogens with zero attached hydrogens (tertiary/aromatic N) is 1. The van der Waals surface area contributed by atoms with E-state index in [1.54, 1.807) is 19.4 Å². The molecule has 0 bridgehead atoms. The summed E-state index contributed by atoms with van der Waals surface area (Å²) in [5.74, 6) is -0.361. The first-order chi connectivity index (χ1) is 11.1. The average Bonchev–Trinajstić information content (AvgIpc) is 2.55. The van der Waals surface area contributed by atoms with E-state index in [0.717, 1.165) is 16.7 Å². The minimum Gasteiger partial charge on any atom is -0.380 e. The lowest BCUT2D eigenvalue weighted by Crippen LogP contribution is -2.28. The van der Waals surface area contributed by atoms with Gasteiger partial charge in [0, 0.05) is 19.9 Å². The topological polar surface area (TPSA) is 68.3 Å². The first kappa shape index (κ1) is 17.3. The Kier molecular flexibility index (Phi) is 6.43. The van der Waals surface area contributed by atoms with E-state index >= 15 is 0 Å². The molecule has 1 N–H and O–H groups in total. The molecule has 0 fully saturated rings. The first-order valence-electron chi connectivity index (χ1n) is 7.23. The molecule has 1 aromatic heterocycles. The van der Waals surface area contributed by atoms with Crippen LogP contribution in [0.3, 0.4) is 0 Å². The zero-order valence-electron chi connectivity index (χ0n) is 13.2. The van der Waals surface area contributed by atoms with Gasteiger partial charge in [0.1, 0.15) is 10.8 Å². The van der Waals surface area contributed by atoms with Crippen LogP contribution in [0.1, 0.15) is 16.7 Å². The quantitative estimate of drug-likeness (QED) is 0.841. The first-order valence-corrected chi connectivity index (χ1v) is 8.55. The van der Waals surface area contributed by atoms with E-state index in [2.05, 4.69) is 10.3 Å². The van der Waals surface area contributed by atoms with E-state index < -0.39 is 10.8 Å². The highest BCUT2D eigenvalue weighted by Gasteiger charge is 2.11. The number of ether oxygens (including phenoxy) is 1. The van der Waals surface area contributed by atoms with Crippen LogP contribution in [0.2, 0.25) is 0 Å². The molecular weight excluding hydrogens is 312 g/mol. The zero-order chi connectivity index (χ0) is 16.7. The van der Waals surface area contributed by atoms with Crippen LogP contribution < -0.4 is 5.32 Å². The van der Waals surface area contributed by atoms with Crippen LogP contribution >= 0.6 is 0 Å². The number of carbonyl (C=O) groups is 1. The van der Waals surface area contributed by atoms with Crippen LogP contribution in [0, 0.1) is 6.92 Å². The molecule has 1 amide bonds. The Labute approximate surface area is 138 Å². The monoisotopic (exact) mass is 332 g/mol. The van der Waals surface area contributed by atoms with E-state index in [1.807, 2.05) is 37.3 Å². The van der Waals surface area contributed by atoms with Crippen LogP contribution in [-0.4, -0.2) is 28.0 Å². The number of hydrogen-bond acceptors (Lipinski definition) is 4. The van der Waals surface area contributed by atoms with E-state index in [9.17, 15) is 9.00 Å². The van der Waals surface area contributed by atoms with E-state index in [1.165, 1.54) is 0 Å². The number of aromatic nitrogens is 1. The summed E-state index contributed by atoms with van der Waals surface area (Å²) < 4.78 is 17.3. The van der Waals surface area contributed by atoms with Gasteiger partial charge in [-0.05, 0) is 29.7 Å². The Hall–Kier alpha value is -2.05. The number of benzene rings is 1. The van der Waals surface area contributed by atoms with Gasteiger partial charge in [0.05, 0.1) is 17.4 Å². The molecule has 23 heavy (non-hydrogen) atoms. The summed E-state index contributed by atoms with van der Waals surface area (Å²) in [4.78, 5) is 16.1. The number of aryl methyl sites for hydroxylation is 1. The Bertz CT molecular complexity index is 686. The number of carbonyl (C=O) groups excluding carboxylic acids is 1. The summed E-state index contributed by atoms with van der Waals surface area (Å²) in [6.07, 6.45) is 1.64. The lowest BCUT2D eigenvalue weighted by molar-refractivity contribution is -0.118. The normalized spacial score (nSPS) is 11.9. The Morgan fingerprint density at radius 3 is 2.61 bits per heavy atom. The summed E-state index contributed by atoms with van der Waals surface area (Å²) in [7, 11) is 0.196. The standard InChI is InChI=1S/C17H20N2O3S/c1-13-7-8-17(19-9-13)23(21)12-16(20)18-10-14-5-3-4-6-15(14)11-22-2/h3-9H,10-12H2,1-2H3,(H,18,20)/t23-/m0/s1. The van der Waals surface area contributed by atoms with Crippen LogP contribution in [-0.2, 0) is 33.5 Å². The SMILES string of the molecule is COCc1ccccc1CNC(=O)C[S@](=O)c1ccc(C)cn1. The largest absolute Gasteiger partial charge is 0.380 e. The molecular formula is C17H20N2O3S. The van der Waals surface area contributed by atoms with Crippen molar-refractivity contribution in [3.8, 4) is 0 Å². The van der Waals surface area contributed by atoms with Crippen molar-refractivity contribution in [2.24, 2.45) is 0 Å². The second-order valence-corrected chi connectivity index (χ2v) is 6.54. The van der Waals surface area contributed by atoms with Crippen molar-refractivity contribution in [1.82, 2.24) is 10.3 Å². The van der Waals surface area contributed by atoms with Crippen LogP contribution in [0.25, 0.3) is 0 Å². The molecule has 1 aromatic carbocycles. The van der Waals surface area contributed by atoms with Crippen molar-refractivity contribution < 1.29 is 13.7 Å². The third kappa shape index (κ3) is 5.26. The van der Waals surface area contributed by atoms with E-state index in [0.29, 0.717) is 18.2 Å². The predicted octanol–water partition coefficient (Wildman–Crippen LogP) is 1.96. The van der Waals surface area contributed by atoms with Gasteiger partial charge >= 0.3 is 0 Å². The smallest absolute Gasteiger partial charge is 0.233 e. The summed E-state index contributed by atoms with van der Waals surface area (Å²) >= 11 is 0.